The minimum atomic E-state index is -0.170. The van der Waals surface area contributed by atoms with Crippen LogP contribution in [0.15, 0.2) is 126 Å². The van der Waals surface area contributed by atoms with Crippen LogP contribution in [-0.4, -0.2) is 4.98 Å². The van der Waals surface area contributed by atoms with Crippen LogP contribution in [0.25, 0.3) is 77.8 Å². The Hall–Kier alpha value is -5.73. The number of aryl methyl sites for hydroxylation is 1. The fraction of sp³-hybridized carbons (Fsp3) is 0.196. The number of rotatable bonds is 2. The lowest BCUT2D eigenvalue weighted by atomic mass is 9.78. The summed E-state index contributed by atoms with van der Waals surface area (Å²) in [7, 11) is 0. The number of benzene rings is 7. The number of fused-ring (bicyclic) bond motifs is 11. The van der Waals surface area contributed by atoms with E-state index in [0.717, 1.165) is 16.7 Å². The predicted octanol–water partition coefficient (Wildman–Crippen LogP) is 13.5. The van der Waals surface area contributed by atoms with Gasteiger partial charge in [-0.25, -0.2) is 4.98 Å². The van der Waals surface area contributed by atoms with Gasteiger partial charge in [-0.05, 0) is 162 Å². The van der Waals surface area contributed by atoms with Crippen molar-refractivity contribution in [1.29, 1.82) is 0 Å². The first-order valence-electron chi connectivity index (χ1n) is 18.9. The number of aromatic nitrogens is 1. The molecule has 7 aromatic carbocycles. The summed E-state index contributed by atoms with van der Waals surface area (Å²) in [5.41, 5.74) is 22.6. The normalized spacial score (nSPS) is 16.3. The smallest absolute Gasteiger partial charge is 0.227 e. The summed E-state index contributed by atoms with van der Waals surface area (Å²) in [6.07, 6.45) is 0. The molecule has 3 aliphatic carbocycles. The van der Waals surface area contributed by atoms with Crippen molar-refractivity contribution in [3.05, 3.63) is 160 Å². The average Bonchev–Trinajstić information content (AvgIpc) is 3.81. The van der Waals surface area contributed by atoms with E-state index < -0.39 is 0 Å². The third kappa shape index (κ3) is 4.07. The average molecular weight is 684 g/mol. The Morgan fingerprint density at radius 1 is 0.415 bits per heavy atom. The molecule has 0 unspecified atom stereocenters. The molecule has 3 aliphatic rings. The first-order valence-corrected chi connectivity index (χ1v) is 18.9. The van der Waals surface area contributed by atoms with Crippen LogP contribution in [0.1, 0.15) is 80.5 Å². The van der Waals surface area contributed by atoms with Crippen molar-refractivity contribution in [3.8, 4) is 56.0 Å². The van der Waals surface area contributed by atoms with Gasteiger partial charge in [0, 0.05) is 21.8 Å². The van der Waals surface area contributed by atoms with Crippen LogP contribution in [0.4, 0.5) is 0 Å². The van der Waals surface area contributed by atoms with Gasteiger partial charge in [0.05, 0.1) is 0 Å². The second kappa shape index (κ2) is 10.0. The van der Waals surface area contributed by atoms with Gasteiger partial charge in [-0.3, -0.25) is 0 Å². The second-order valence-corrected chi connectivity index (χ2v) is 17.3. The molecule has 0 saturated carbocycles. The predicted molar refractivity (Wildman–Crippen MR) is 220 cm³/mol. The van der Waals surface area contributed by atoms with E-state index in [9.17, 15) is 0 Å². The van der Waals surface area contributed by atoms with Crippen molar-refractivity contribution >= 4 is 21.9 Å². The van der Waals surface area contributed by atoms with Crippen molar-refractivity contribution in [2.24, 2.45) is 0 Å². The van der Waals surface area contributed by atoms with Gasteiger partial charge in [0.25, 0.3) is 0 Å². The van der Waals surface area contributed by atoms with E-state index in [1.54, 1.807) is 0 Å². The van der Waals surface area contributed by atoms with Crippen LogP contribution >= 0.6 is 0 Å². The maximum absolute atomic E-state index is 6.28. The lowest BCUT2D eigenvalue weighted by Crippen LogP contribution is -2.17. The van der Waals surface area contributed by atoms with Gasteiger partial charge < -0.3 is 4.42 Å². The topological polar surface area (TPSA) is 26.0 Å². The first-order chi connectivity index (χ1) is 25.4. The fourth-order valence-electron chi connectivity index (χ4n) is 10.0. The van der Waals surface area contributed by atoms with Gasteiger partial charge in [-0.1, -0.05) is 102 Å². The lowest BCUT2D eigenvalue weighted by Gasteiger charge is -2.25. The largest absolute Gasteiger partial charge is 0.436 e. The highest BCUT2D eigenvalue weighted by molar-refractivity contribution is 5.95. The maximum atomic E-state index is 6.28. The molecule has 0 atom stereocenters. The van der Waals surface area contributed by atoms with Gasteiger partial charge >= 0.3 is 0 Å². The van der Waals surface area contributed by atoms with E-state index in [4.69, 9.17) is 9.40 Å². The Labute approximate surface area is 311 Å². The van der Waals surface area contributed by atoms with Gasteiger partial charge in [0.1, 0.15) is 5.52 Å². The molecule has 0 saturated heterocycles. The zero-order valence-electron chi connectivity index (χ0n) is 31.4. The van der Waals surface area contributed by atoms with E-state index in [1.807, 2.05) is 6.07 Å². The molecule has 1 heterocycles. The van der Waals surface area contributed by atoms with Crippen LogP contribution in [0.3, 0.4) is 0 Å². The number of hydrogen-bond acceptors (Lipinski definition) is 2. The molecule has 2 nitrogen and oxygen atoms in total. The van der Waals surface area contributed by atoms with Crippen molar-refractivity contribution in [2.75, 3.05) is 0 Å². The van der Waals surface area contributed by atoms with Crippen molar-refractivity contribution < 1.29 is 4.42 Å². The Morgan fingerprint density at radius 2 is 0.887 bits per heavy atom. The number of hydrogen-bond donors (Lipinski definition) is 0. The molecule has 2 heteroatoms. The Bertz CT molecular complexity index is 2930. The van der Waals surface area contributed by atoms with Crippen LogP contribution in [-0.2, 0) is 16.2 Å². The summed E-state index contributed by atoms with van der Waals surface area (Å²) < 4.78 is 6.28. The molecule has 0 aliphatic heterocycles. The fourth-order valence-corrected chi connectivity index (χ4v) is 10.0. The molecule has 11 rings (SSSR count). The Kier molecular flexibility index (Phi) is 5.83. The van der Waals surface area contributed by atoms with E-state index in [0.29, 0.717) is 5.89 Å². The van der Waals surface area contributed by atoms with Crippen molar-refractivity contribution in [2.45, 2.75) is 64.7 Å². The van der Waals surface area contributed by atoms with Crippen LogP contribution in [0.5, 0.6) is 0 Å². The van der Waals surface area contributed by atoms with Gasteiger partial charge in [0.2, 0.25) is 5.89 Å². The molecular weight excluding hydrogens is 643 g/mol. The molecule has 0 amide bonds. The monoisotopic (exact) mass is 683 g/mol. The third-order valence-electron chi connectivity index (χ3n) is 13.1. The standard InChI is InChI=1S/C51H41NO/c1-28-12-19-46-47(20-28)53-48(52-46)33-16-18-35-37-25-45-39(27-43(37)50(4,5)41(35)23-33)38-26-42-36(24-44(38)51(45,6)7)34-17-15-32(22-40(34)49(42,2)3)31-14-13-29-10-8-9-11-30(29)21-31/h8-27H,1-7H3. The molecule has 53 heavy (non-hydrogen) atoms. The summed E-state index contributed by atoms with van der Waals surface area (Å²) in [6.45, 7) is 16.5. The van der Waals surface area contributed by atoms with E-state index in [1.165, 1.54) is 94.2 Å². The maximum Gasteiger partial charge on any atom is 0.227 e. The van der Waals surface area contributed by atoms with Crippen LogP contribution < -0.4 is 0 Å². The number of nitrogens with zero attached hydrogens (tertiary/aromatic N) is 1. The minimum Gasteiger partial charge on any atom is -0.436 e. The minimum absolute atomic E-state index is 0.120. The second-order valence-electron chi connectivity index (χ2n) is 17.3. The van der Waals surface area contributed by atoms with E-state index in [2.05, 4.69) is 164 Å². The SMILES string of the molecule is Cc1ccc2nc(-c3ccc4c(c3)C(C)(C)c3cc5c(cc3-4)C(C)(C)c3cc4c(cc3-5)C(C)(C)c3cc(-c5ccc6ccccc6c5)ccc3-4)oc2c1. The Morgan fingerprint density at radius 3 is 1.49 bits per heavy atom. The highest BCUT2D eigenvalue weighted by atomic mass is 16.3. The van der Waals surface area contributed by atoms with Gasteiger partial charge in [-0.2, -0.15) is 0 Å². The van der Waals surface area contributed by atoms with Crippen molar-refractivity contribution in [1.82, 2.24) is 4.98 Å². The molecule has 0 N–H and O–H groups in total. The molecular formula is C51H41NO. The quantitative estimate of drug-likeness (QED) is 0.181. The van der Waals surface area contributed by atoms with Crippen LogP contribution in [0, 0.1) is 6.92 Å². The first kappa shape index (κ1) is 30.9. The number of oxazole rings is 1. The zero-order valence-corrected chi connectivity index (χ0v) is 31.4. The summed E-state index contributed by atoms with van der Waals surface area (Å²) in [4.78, 5) is 4.86. The summed E-state index contributed by atoms with van der Waals surface area (Å²) in [6, 6.07) is 45.7. The van der Waals surface area contributed by atoms with Crippen molar-refractivity contribution in [3.63, 3.8) is 0 Å². The van der Waals surface area contributed by atoms with E-state index >= 15 is 0 Å². The van der Waals surface area contributed by atoms with Gasteiger partial charge in [-0.15, -0.1) is 0 Å². The molecule has 0 spiro atoms. The zero-order chi connectivity index (χ0) is 36.2. The molecule has 256 valence electrons. The van der Waals surface area contributed by atoms with E-state index in [-0.39, 0.29) is 16.2 Å². The molecule has 0 fully saturated rings. The molecule has 0 radical (unpaired) electrons. The van der Waals surface area contributed by atoms with Gasteiger partial charge in [0.15, 0.2) is 5.58 Å². The highest BCUT2D eigenvalue weighted by Gasteiger charge is 2.44. The van der Waals surface area contributed by atoms with Crippen LogP contribution in [0.2, 0.25) is 0 Å². The summed E-state index contributed by atoms with van der Waals surface area (Å²) in [5, 5.41) is 2.56. The Balaban J connectivity index is 1.01. The molecule has 8 aromatic rings. The lowest BCUT2D eigenvalue weighted by molar-refractivity contribution is 0.618. The molecule has 0 bridgehead atoms. The highest BCUT2D eigenvalue weighted by Crippen LogP contribution is 2.59. The molecule has 1 aromatic heterocycles. The summed E-state index contributed by atoms with van der Waals surface area (Å²) in [5.74, 6) is 0.680. The summed E-state index contributed by atoms with van der Waals surface area (Å²) >= 11 is 0. The third-order valence-corrected chi connectivity index (χ3v) is 13.1.